The number of hydrogen-bond donors (Lipinski definition) is 2. The zero-order valence-electron chi connectivity index (χ0n) is 13.6. The largest absolute Gasteiger partial charge is 0.508 e. The summed E-state index contributed by atoms with van der Waals surface area (Å²) < 4.78 is 10.1. The summed E-state index contributed by atoms with van der Waals surface area (Å²) in [6, 6.07) is 4.94. The van der Waals surface area contributed by atoms with Crippen molar-refractivity contribution >= 4 is 11.6 Å². The van der Waals surface area contributed by atoms with Gasteiger partial charge >= 0.3 is 0 Å². The second-order valence-corrected chi connectivity index (χ2v) is 5.71. The van der Waals surface area contributed by atoms with Crippen LogP contribution in [0.2, 0.25) is 5.15 Å². The highest BCUT2D eigenvalue weighted by molar-refractivity contribution is 6.30. The molecule has 0 radical (unpaired) electrons. The lowest BCUT2D eigenvalue weighted by Crippen LogP contribution is -2.09. The molecule has 0 saturated heterocycles. The van der Waals surface area contributed by atoms with Gasteiger partial charge in [0, 0.05) is 7.11 Å². The lowest BCUT2D eigenvalue weighted by molar-refractivity contribution is 0.0508. The first-order valence-corrected chi connectivity index (χ1v) is 7.50. The van der Waals surface area contributed by atoms with Crippen molar-refractivity contribution in [3.63, 3.8) is 0 Å². The van der Waals surface area contributed by atoms with Crippen LogP contribution in [0.25, 0.3) is 0 Å². The fourth-order valence-corrected chi connectivity index (χ4v) is 2.68. The standard InChI is InChI=1S/C17H20ClNO4/c1-9-7-13(20)10(2)11(3)15(9)16(21)12-5-6-14(17(18)19-12)23-8-22-4/h5-7,16,20-21H,8H2,1-4H3. The Morgan fingerprint density at radius 3 is 2.52 bits per heavy atom. The normalized spacial score (nSPS) is 12.3. The molecule has 5 nitrogen and oxygen atoms in total. The Kier molecular flexibility index (Phi) is 5.46. The van der Waals surface area contributed by atoms with Crippen LogP contribution >= 0.6 is 11.6 Å². The summed E-state index contributed by atoms with van der Waals surface area (Å²) in [7, 11) is 1.51. The first kappa shape index (κ1) is 17.5. The molecule has 1 unspecified atom stereocenters. The molecule has 0 aliphatic rings. The van der Waals surface area contributed by atoms with E-state index in [1.807, 2.05) is 20.8 Å². The summed E-state index contributed by atoms with van der Waals surface area (Å²) >= 11 is 6.09. The van der Waals surface area contributed by atoms with Crippen LogP contribution in [0.1, 0.15) is 34.1 Å². The van der Waals surface area contributed by atoms with Gasteiger partial charge in [0.2, 0.25) is 0 Å². The van der Waals surface area contributed by atoms with Crippen molar-refractivity contribution in [2.75, 3.05) is 13.9 Å². The van der Waals surface area contributed by atoms with E-state index in [1.165, 1.54) is 7.11 Å². The van der Waals surface area contributed by atoms with E-state index in [2.05, 4.69) is 4.98 Å². The molecule has 0 fully saturated rings. The number of phenolic OH excluding ortho intramolecular Hbond substituents is 1. The molecule has 2 N–H and O–H groups in total. The highest BCUT2D eigenvalue weighted by Gasteiger charge is 2.20. The molecule has 1 atom stereocenters. The topological polar surface area (TPSA) is 71.8 Å². The van der Waals surface area contributed by atoms with Crippen LogP contribution in [-0.4, -0.2) is 29.1 Å². The minimum absolute atomic E-state index is 0.0681. The van der Waals surface area contributed by atoms with Crippen LogP contribution in [0.3, 0.4) is 0 Å². The molecule has 2 aromatic rings. The average molecular weight is 338 g/mol. The fourth-order valence-electron chi connectivity index (χ4n) is 2.47. The van der Waals surface area contributed by atoms with E-state index in [9.17, 15) is 10.2 Å². The fraction of sp³-hybridized carbons (Fsp3) is 0.353. The molecule has 124 valence electrons. The van der Waals surface area contributed by atoms with Gasteiger partial charge in [-0.3, -0.25) is 0 Å². The maximum Gasteiger partial charge on any atom is 0.188 e. The molecule has 23 heavy (non-hydrogen) atoms. The maximum atomic E-state index is 10.7. The van der Waals surface area contributed by atoms with E-state index in [-0.39, 0.29) is 17.7 Å². The third kappa shape index (κ3) is 3.58. The quantitative estimate of drug-likeness (QED) is 0.646. The Hall–Kier alpha value is -1.82. The molecule has 2 rings (SSSR count). The zero-order chi connectivity index (χ0) is 17.1. The number of ether oxygens (including phenoxy) is 2. The van der Waals surface area contributed by atoms with Gasteiger partial charge in [-0.2, -0.15) is 0 Å². The summed E-state index contributed by atoms with van der Waals surface area (Å²) in [5, 5.41) is 20.7. The maximum absolute atomic E-state index is 10.7. The van der Waals surface area contributed by atoms with Gasteiger partial charge in [0.1, 0.15) is 11.9 Å². The van der Waals surface area contributed by atoms with Gasteiger partial charge in [-0.1, -0.05) is 11.6 Å². The van der Waals surface area contributed by atoms with Crippen LogP contribution in [0.5, 0.6) is 11.5 Å². The highest BCUT2D eigenvalue weighted by Crippen LogP contribution is 2.34. The van der Waals surface area contributed by atoms with Gasteiger partial charge in [-0.25, -0.2) is 4.98 Å². The van der Waals surface area contributed by atoms with Crippen LogP contribution in [0.4, 0.5) is 0 Å². The monoisotopic (exact) mass is 337 g/mol. The molecule has 0 saturated carbocycles. The van der Waals surface area contributed by atoms with Gasteiger partial charge in [-0.15, -0.1) is 0 Å². The number of nitrogens with zero attached hydrogens (tertiary/aromatic N) is 1. The Labute approximate surface area is 140 Å². The minimum atomic E-state index is -0.941. The summed E-state index contributed by atoms with van der Waals surface area (Å²) in [4.78, 5) is 4.21. The van der Waals surface area contributed by atoms with Crippen LogP contribution < -0.4 is 4.74 Å². The third-order valence-corrected chi connectivity index (χ3v) is 4.12. The molecule has 0 aliphatic heterocycles. The molecule has 1 aromatic carbocycles. The average Bonchev–Trinajstić information content (AvgIpc) is 2.51. The second kappa shape index (κ2) is 7.17. The Balaban J connectivity index is 2.40. The number of aryl methyl sites for hydroxylation is 1. The second-order valence-electron chi connectivity index (χ2n) is 5.35. The number of hydrogen-bond acceptors (Lipinski definition) is 5. The molecule has 6 heteroatoms. The van der Waals surface area contributed by atoms with Crippen LogP contribution in [0, 0.1) is 20.8 Å². The molecular weight excluding hydrogens is 318 g/mol. The highest BCUT2D eigenvalue weighted by atomic mass is 35.5. The van der Waals surface area contributed by atoms with Crippen molar-refractivity contribution in [2.24, 2.45) is 0 Å². The van der Waals surface area contributed by atoms with Crippen LogP contribution in [0.15, 0.2) is 18.2 Å². The van der Waals surface area contributed by atoms with Gasteiger partial charge in [-0.05, 0) is 61.2 Å². The van der Waals surface area contributed by atoms with Crippen molar-refractivity contribution in [1.29, 1.82) is 0 Å². The van der Waals surface area contributed by atoms with Gasteiger partial charge < -0.3 is 19.7 Å². The molecule has 0 bridgehead atoms. The number of pyridine rings is 1. The smallest absolute Gasteiger partial charge is 0.188 e. The number of methoxy groups -OCH3 is 1. The Bertz CT molecular complexity index is 718. The summed E-state index contributed by atoms with van der Waals surface area (Å²) in [6.45, 7) is 5.57. The van der Waals surface area contributed by atoms with Crippen molar-refractivity contribution in [2.45, 2.75) is 26.9 Å². The zero-order valence-corrected chi connectivity index (χ0v) is 14.3. The molecule has 1 aromatic heterocycles. The predicted molar refractivity (Wildman–Crippen MR) is 88.1 cm³/mol. The number of benzene rings is 1. The molecule has 0 amide bonds. The minimum Gasteiger partial charge on any atom is -0.508 e. The van der Waals surface area contributed by atoms with Crippen molar-refractivity contribution in [1.82, 2.24) is 4.98 Å². The third-order valence-electron chi connectivity index (χ3n) is 3.85. The molecule has 0 spiro atoms. The lowest BCUT2D eigenvalue weighted by Gasteiger charge is -2.19. The number of aromatic nitrogens is 1. The first-order valence-electron chi connectivity index (χ1n) is 7.12. The van der Waals surface area contributed by atoms with Gasteiger partial charge in [0.25, 0.3) is 0 Å². The number of aliphatic hydroxyl groups excluding tert-OH is 1. The Morgan fingerprint density at radius 1 is 1.22 bits per heavy atom. The predicted octanol–water partition coefficient (Wildman–Crippen LogP) is 3.43. The van der Waals surface area contributed by atoms with E-state index in [0.29, 0.717) is 11.4 Å². The summed E-state index contributed by atoms with van der Waals surface area (Å²) in [6.07, 6.45) is -0.941. The van der Waals surface area contributed by atoms with E-state index in [0.717, 1.165) is 22.3 Å². The van der Waals surface area contributed by atoms with Gasteiger partial charge in [0.05, 0.1) is 5.69 Å². The molecule has 1 heterocycles. The van der Waals surface area contributed by atoms with Crippen molar-refractivity contribution in [3.8, 4) is 11.5 Å². The number of phenols is 1. The number of rotatable bonds is 5. The van der Waals surface area contributed by atoms with E-state index >= 15 is 0 Å². The van der Waals surface area contributed by atoms with Crippen LogP contribution in [-0.2, 0) is 4.74 Å². The SMILES string of the molecule is COCOc1ccc(C(O)c2c(C)cc(O)c(C)c2C)nc1Cl. The molecular formula is C17H20ClNO4. The summed E-state index contributed by atoms with van der Waals surface area (Å²) in [5.74, 6) is 0.602. The first-order chi connectivity index (χ1) is 10.9. The molecule has 0 aliphatic carbocycles. The van der Waals surface area contributed by atoms with Crippen molar-refractivity contribution < 1.29 is 19.7 Å². The van der Waals surface area contributed by atoms with Crippen molar-refractivity contribution in [3.05, 3.63) is 51.3 Å². The Morgan fingerprint density at radius 2 is 1.91 bits per heavy atom. The van der Waals surface area contributed by atoms with Gasteiger partial charge in [0.15, 0.2) is 17.7 Å². The number of aromatic hydroxyl groups is 1. The summed E-state index contributed by atoms with van der Waals surface area (Å²) in [5.41, 5.74) is 3.48. The number of halogens is 1. The van der Waals surface area contributed by atoms with E-state index < -0.39 is 6.10 Å². The lowest BCUT2D eigenvalue weighted by atomic mass is 9.92. The van der Waals surface area contributed by atoms with E-state index in [1.54, 1.807) is 18.2 Å². The van der Waals surface area contributed by atoms with E-state index in [4.69, 9.17) is 21.1 Å². The number of aliphatic hydroxyl groups is 1.